The molecule has 0 saturated heterocycles. The quantitative estimate of drug-likeness (QED) is 0.476. The number of nitrogens with one attached hydrogen (secondary N) is 1. The highest BCUT2D eigenvalue weighted by Crippen LogP contribution is 2.18. The lowest BCUT2D eigenvalue weighted by molar-refractivity contribution is -0.141. The maximum atomic E-state index is 12.2. The predicted molar refractivity (Wildman–Crippen MR) is 102 cm³/mol. The zero-order valence-electron chi connectivity index (χ0n) is 15.4. The van der Waals surface area contributed by atoms with Crippen molar-refractivity contribution in [1.82, 2.24) is 10.5 Å². The number of rotatable bonds is 8. The average Bonchev–Trinajstić information content (AvgIpc) is 3.09. The van der Waals surface area contributed by atoms with E-state index in [2.05, 4.69) is 10.5 Å². The monoisotopic (exact) mass is 380 g/mol. The summed E-state index contributed by atoms with van der Waals surface area (Å²) in [4.78, 5) is 35.1. The van der Waals surface area contributed by atoms with Crippen molar-refractivity contribution in [3.8, 4) is 0 Å². The van der Waals surface area contributed by atoms with Crippen LogP contribution in [-0.4, -0.2) is 36.0 Å². The number of aromatic nitrogens is 1. The molecule has 1 heterocycles. The summed E-state index contributed by atoms with van der Waals surface area (Å²) >= 11 is 0. The zero-order chi connectivity index (χ0) is 19.9. The maximum Gasteiger partial charge on any atom is 0.312 e. The van der Waals surface area contributed by atoms with Crippen LogP contribution in [0, 0.1) is 0 Å². The van der Waals surface area contributed by atoms with Gasteiger partial charge in [0.1, 0.15) is 5.69 Å². The van der Waals surface area contributed by atoms with E-state index >= 15 is 0 Å². The van der Waals surface area contributed by atoms with Gasteiger partial charge >= 0.3 is 5.97 Å². The van der Waals surface area contributed by atoms with Crippen LogP contribution in [0.5, 0.6) is 0 Å². The molecule has 144 valence electrons. The molecule has 1 aromatic heterocycles. The van der Waals surface area contributed by atoms with Gasteiger partial charge in [-0.2, -0.15) is 0 Å². The molecule has 0 aliphatic heterocycles. The predicted octanol–water partition coefficient (Wildman–Crippen LogP) is 2.48. The van der Waals surface area contributed by atoms with Gasteiger partial charge in [-0.25, -0.2) is 0 Å². The summed E-state index contributed by atoms with van der Waals surface area (Å²) in [6.07, 6.45) is 0.612. The fraction of sp³-hybridized carbons (Fsp3) is 0.238. The average molecular weight is 380 g/mol. The molecule has 7 nitrogen and oxygen atoms in total. The van der Waals surface area contributed by atoms with Crippen molar-refractivity contribution < 1.29 is 23.6 Å². The van der Waals surface area contributed by atoms with E-state index in [9.17, 15) is 14.4 Å². The second kappa shape index (κ2) is 8.94. The number of amides is 1. The number of esters is 1. The Labute approximate surface area is 161 Å². The molecule has 2 aromatic carbocycles. The van der Waals surface area contributed by atoms with Crippen LogP contribution in [-0.2, 0) is 27.2 Å². The summed E-state index contributed by atoms with van der Waals surface area (Å²) in [5.74, 6) is -0.904. The first kappa shape index (κ1) is 19.3. The van der Waals surface area contributed by atoms with Gasteiger partial charge in [0.2, 0.25) is 5.91 Å². The van der Waals surface area contributed by atoms with Gasteiger partial charge in [-0.1, -0.05) is 41.6 Å². The van der Waals surface area contributed by atoms with E-state index in [1.54, 1.807) is 18.2 Å². The third-order valence-corrected chi connectivity index (χ3v) is 4.19. The summed E-state index contributed by atoms with van der Waals surface area (Å²) in [5, 5.41) is 7.35. The molecule has 3 aromatic rings. The van der Waals surface area contributed by atoms with Crippen LogP contribution < -0.4 is 5.32 Å². The number of hydrogen-bond donors (Lipinski definition) is 1. The lowest BCUT2D eigenvalue weighted by atomic mass is 10.1. The van der Waals surface area contributed by atoms with Crippen LogP contribution in [0.4, 0.5) is 0 Å². The van der Waals surface area contributed by atoms with E-state index in [0.717, 1.165) is 10.9 Å². The van der Waals surface area contributed by atoms with Crippen LogP contribution in [0.25, 0.3) is 11.0 Å². The number of benzene rings is 2. The third kappa shape index (κ3) is 5.03. The number of ether oxygens (including phenoxy) is 1. The molecule has 0 aliphatic rings. The Morgan fingerprint density at radius 1 is 1.07 bits per heavy atom. The van der Waals surface area contributed by atoms with Crippen molar-refractivity contribution in [2.24, 2.45) is 0 Å². The number of carbonyl (C=O) groups excluding carboxylic acids is 3. The summed E-state index contributed by atoms with van der Waals surface area (Å²) in [6.45, 7) is 1.67. The number of para-hydroxylation sites is 1. The second-order valence-electron chi connectivity index (χ2n) is 6.32. The molecular weight excluding hydrogens is 360 g/mol. The Bertz CT molecular complexity index is 991. The summed E-state index contributed by atoms with van der Waals surface area (Å²) in [6, 6.07) is 14.2. The van der Waals surface area contributed by atoms with E-state index < -0.39 is 5.97 Å². The molecule has 0 saturated carbocycles. The van der Waals surface area contributed by atoms with Gasteiger partial charge in [-0.15, -0.1) is 0 Å². The fourth-order valence-corrected chi connectivity index (χ4v) is 2.72. The topological polar surface area (TPSA) is 98.5 Å². The highest BCUT2D eigenvalue weighted by molar-refractivity contribution is 5.98. The van der Waals surface area contributed by atoms with E-state index in [1.165, 1.54) is 6.92 Å². The number of nitrogens with zero attached hydrogens (tertiary/aromatic N) is 1. The molecule has 1 amide bonds. The highest BCUT2D eigenvalue weighted by atomic mass is 16.5. The van der Waals surface area contributed by atoms with Crippen LogP contribution in [0.1, 0.15) is 28.5 Å². The molecule has 0 spiro atoms. The van der Waals surface area contributed by atoms with Gasteiger partial charge in [-0.05, 0) is 24.1 Å². The zero-order valence-corrected chi connectivity index (χ0v) is 15.4. The molecule has 0 radical (unpaired) electrons. The summed E-state index contributed by atoms with van der Waals surface area (Å²) in [7, 11) is 0. The molecule has 0 bridgehead atoms. The number of hydrogen-bond acceptors (Lipinski definition) is 6. The largest absolute Gasteiger partial charge is 0.457 e. The second-order valence-corrected chi connectivity index (χ2v) is 6.32. The van der Waals surface area contributed by atoms with Gasteiger partial charge in [0.15, 0.2) is 18.0 Å². The molecule has 0 aliphatic carbocycles. The highest BCUT2D eigenvalue weighted by Gasteiger charge is 2.15. The molecule has 1 N–H and O–H groups in total. The van der Waals surface area contributed by atoms with Gasteiger partial charge in [0.25, 0.3) is 0 Å². The van der Waals surface area contributed by atoms with Gasteiger partial charge in [0.05, 0.1) is 6.42 Å². The minimum atomic E-state index is -0.542. The number of ketones is 1. The number of carbonyl (C=O) groups is 3. The van der Waals surface area contributed by atoms with Crippen LogP contribution >= 0.6 is 0 Å². The van der Waals surface area contributed by atoms with Crippen molar-refractivity contribution in [3.05, 3.63) is 65.4 Å². The maximum absolute atomic E-state index is 12.2. The van der Waals surface area contributed by atoms with Gasteiger partial charge in [-0.3, -0.25) is 14.4 Å². The first-order chi connectivity index (χ1) is 13.5. The smallest absolute Gasteiger partial charge is 0.312 e. The molecule has 0 atom stereocenters. The normalized spacial score (nSPS) is 10.6. The van der Waals surface area contributed by atoms with E-state index in [1.807, 2.05) is 30.3 Å². The van der Waals surface area contributed by atoms with Crippen LogP contribution in [0.15, 0.2) is 53.1 Å². The lowest BCUT2D eigenvalue weighted by Crippen LogP contribution is -2.22. The SMILES string of the molecule is CC(=O)NCCc1ccc(C(=O)COC(=O)Cc2noc3ccccc23)cc1. The molecule has 0 fully saturated rings. The Morgan fingerprint density at radius 2 is 1.82 bits per heavy atom. The van der Waals surface area contributed by atoms with Crippen molar-refractivity contribution in [1.29, 1.82) is 0 Å². The number of Topliss-reactive ketones (excluding diaryl/α,β-unsaturated/α-hetero) is 1. The standard InChI is InChI=1S/C21H20N2O5/c1-14(24)22-11-10-15-6-8-16(9-7-15)19(25)13-27-21(26)12-18-17-4-2-3-5-20(17)28-23-18/h2-9H,10-13H2,1H3,(H,22,24). The van der Waals surface area contributed by atoms with Gasteiger partial charge < -0.3 is 14.6 Å². The Balaban J connectivity index is 1.49. The Hall–Kier alpha value is -3.48. The minimum absolute atomic E-state index is 0.0631. The number of fused-ring (bicyclic) bond motifs is 1. The van der Waals surface area contributed by atoms with Crippen LogP contribution in [0.3, 0.4) is 0 Å². The summed E-state index contributed by atoms with van der Waals surface area (Å²) in [5.41, 5.74) is 2.54. The van der Waals surface area contributed by atoms with E-state index in [0.29, 0.717) is 29.8 Å². The van der Waals surface area contributed by atoms with Crippen molar-refractivity contribution in [2.45, 2.75) is 19.8 Å². The molecule has 0 unspecified atom stereocenters. The van der Waals surface area contributed by atoms with Crippen molar-refractivity contribution in [2.75, 3.05) is 13.2 Å². The first-order valence-corrected chi connectivity index (χ1v) is 8.88. The minimum Gasteiger partial charge on any atom is -0.457 e. The first-order valence-electron chi connectivity index (χ1n) is 8.88. The molecule has 3 rings (SSSR count). The lowest BCUT2D eigenvalue weighted by Gasteiger charge is -2.06. The van der Waals surface area contributed by atoms with E-state index in [-0.39, 0.29) is 24.7 Å². The van der Waals surface area contributed by atoms with Gasteiger partial charge in [0, 0.05) is 24.4 Å². The fourth-order valence-electron chi connectivity index (χ4n) is 2.72. The molecule has 7 heteroatoms. The third-order valence-electron chi connectivity index (χ3n) is 4.19. The van der Waals surface area contributed by atoms with Crippen molar-refractivity contribution in [3.63, 3.8) is 0 Å². The molecular formula is C21H20N2O5. The van der Waals surface area contributed by atoms with Crippen LogP contribution in [0.2, 0.25) is 0 Å². The van der Waals surface area contributed by atoms with E-state index in [4.69, 9.17) is 9.26 Å². The Morgan fingerprint density at radius 3 is 2.57 bits per heavy atom. The summed E-state index contributed by atoms with van der Waals surface area (Å²) < 4.78 is 10.2. The van der Waals surface area contributed by atoms with Crippen molar-refractivity contribution >= 4 is 28.6 Å². The Kier molecular flexibility index (Phi) is 6.16. The molecule has 28 heavy (non-hydrogen) atoms.